The van der Waals surface area contributed by atoms with Gasteiger partial charge in [-0.3, -0.25) is 4.90 Å². The molecular formula is C15H23NO2. The average Bonchev–Trinajstić information content (AvgIpc) is 2.77. The highest BCUT2D eigenvalue weighted by molar-refractivity contribution is 5.27. The molecule has 0 radical (unpaired) electrons. The number of β-amino-alcohol motifs (C(OH)–C–C–N with tert-alkyl or cyclic N) is 1. The molecule has 1 atom stereocenters. The molecule has 0 unspecified atom stereocenters. The number of unbranched alkanes of at least 4 members (excludes halogenated alkanes) is 1. The second-order valence-electron chi connectivity index (χ2n) is 5.02. The van der Waals surface area contributed by atoms with Crippen molar-refractivity contribution in [2.75, 3.05) is 19.7 Å². The fourth-order valence-electron chi connectivity index (χ4n) is 2.24. The van der Waals surface area contributed by atoms with E-state index >= 15 is 0 Å². The number of hydrogen-bond acceptors (Lipinski definition) is 3. The molecule has 1 aliphatic rings. The average molecular weight is 249 g/mol. The minimum absolute atomic E-state index is 0.137. The van der Waals surface area contributed by atoms with Gasteiger partial charge in [-0.1, -0.05) is 25.5 Å². The third kappa shape index (κ3) is 4.00. The summed E-state index contributed by atoms with van der Waals surface area (Å²) in [5, 5.41) is 9.48. The Morgan fingerprint density at radius 2 is 2.11 bits per heavy atom. The highest BCUT2D eigenvalue weighted by Crippen LogP contribution is 2.17. The molecule has 3 nitrogen and oxygen atoms in total. The number of ether oxygens (including phenoxy) is 1. The first-order chi connectivity index (χ1) is 8.78. The number of hydrogen-bond donors (Lipinski definition) is 1. The molecule has 1 heterocycles. The predicted molar refractivity (Wildman–Crippen MR) is 72.7 cm³/mol. The van der Waals surface area contributed by atoms with Gasteiger partial charge in [-0.15, -0.1) is 0 Å². The van der Waals surface area contributed by atoms with Gasteiger partial charge >= 0.3 is 0 Å². The fraction of sp³-hybridized carbons (Fsp3) is 0.600. The highest BCUT2D eigenvalue weighted by atomic mass is 16.5. The molecule has 1 N–H and O–H groups in total. The molecule has 0 bridgehead atoms. The topological polar surface area (TPSA) is 32.7 Å². The summed E-state index contributed by atoms with van der Waals surface area (Å²) in [4.78, 5) is 2.29. The third-order valence-electron chi connectivity index (χ3n) is 3.34. The van der Waals surface area contributed by atoms with E-state index in [4.69, 9.17) is 4.74 Å². The van der Waals surface area contributed by atoms with Crippen molar-refractivity contribution in [3.05, 3.63) is 29.8 Å². The SMILES string of the molecule is CCCCOc1ccc(CN2CC[C@@H](O)C2)cc1. The minimum atomic E-state index is -0.137. The van der Waals surface area contributed by atoms with Crippen LogP contribution < -0.4 is 4.74 Å². The van der Waals surface area contributed by atoms with Crippen LogP contribution in [0.1, 0.15) is 31.7 Å². The van der Waals surface area contributed by atoms with Crippen molar-refractivity contribution in [2.24, 2.45) is 0 Å². The molecule has 1 aliphatic heterocycles. The monoisotopic (exact) mass is 249 g/mol. The van der Waals surface area contributed by atoms with Crippen LogP contribution in [0, 0.1) is 0 Å². The minimum Gasteiger partial charge on any atom is -0.494 e. The van der Waals surface area contributed by atoms with E-state index in [1.54, 1.807) is 0 Å². The van der Waals surface area contributed by atoms with E-state index in [0.717, 1.165) is 51.3 Å². The van der Waals surface area contributed by atoms with Crippen molar-refractivity contribution in [1.29, 1.82) is 0 Å². The Labute approximate surface area is 109 Å². The highest BCUT2D eigenvalue weighted by Gasteiger charge is 2.19. The maximum atomic E-state index is 9.48. The Hall–Kier alpha value is -1.06. The van der Waals surface area contributed by atoms with E-state index in [1.165, 1.54) is 5.56 Å². The molecule has 1 fully saturated rings. The number of rotatable bonds is 6. The zero-order valence-corrected chi connectivity index (χ0v) is 11.1. The lowest BCUT2D eigenvalue weighted by Crippen LogP contribution is -2.21. The van der Waals surface area contributed by atoms with Crippen molar-refractivity contribution in [3.63, 3.8) is 0 Å². The summed E-state index contributed by atoms with van der Waals surface area (Å²) in [5.74, 6) is 0.952. The van der Waals surface area contributed by atoms with Crippen LogP contribution in [0.5, 0.6) is 5.75 Å². The molecule has 0 spiro atoms. The summed E-state index contributed by atoms with van der Waals surface area (Å²) in [6.45, 7) is 5.68. The molecule has 100 valence electrons. The zero-order valence-electron chi connectivity index (χ0n) is 11.1. The molecule has 1 aromatic carbocycles. The Balaban J connectivity index is 1.80. The van der Waals surface area contributed by atoms with Gasteiger partial charge < -0.3 is 9.84 Å². The van der Waals surface area contributed by atoms with Crippen molar-refractivity contribution >= 4 is 0 Å². The van der Waals surface area contributed by atoms with E-state index in [2.05, 4.69) is 24.0 Å². The Morgan fingerprint density at radius 3 is 2.72 bits per heavy atom. The lowest BCUT2D eigenvalue weighted by Gasteiger charge is -2.15. The maximum absolute atomic E-state index is 9.48. The molecule has 18 heavy (non-hydrogen) atoms. The number of likely N-dealkylation sites (tertiary alicyclic amines) is 1. The van der Waals surface area contributed by atoms with E-state index in [1.807, 2.05) is 12.1 Å². The van der Waals surface area contributed by atoms with Crippen LogP contribution in [-0.2, 0) is 6.54 Å². The summed E-state index contributed by atoms with van der Waals surface area (Å²) in [6, 6.07) is 8.31. The molecule has 0 aliphatic carbocycles. The molecule has 1 saturated heterocycles. The van der Waals surface area contributed by atoms with Crippen molar-refractivity contribution in [1.82, 2.24) is 4.90 Å². The molecule has 0 saturated carbocycles. The molecule has 0 amide bonds. The van der Waals surface area contributed by atoms with Gasteiger partial charge in [-0.05, 0) is 30.5 Å². The van der Waals surface area contributed by atoms with E-state index in [-0.39, 0.29) is 6.10 Å². The summed E-state index contributed by atoms with van der Waals surface area (Å²) in [5.41, 5.74) is 1.28. The number of aliphatic hydroxyl groups excluding tert-OH is 1. The van der Waals surface area contributed by atoms with Crippen LogP contribution >= 0.6 is 0 Å². The van der Waals surface area contributed by atoms with Crippen LogP contribution in [-0.4, -0.2) is 35.8 Å². The fourth-order valence-corrected chi connectivity index (χ4v) is 2.24. The van der Waals surface area contributed by atoms with Crippen molar-refractivity contribution in [3.8, 4) is 5.75 Å². The standard InChI is InChI=1S/C15H23NO2/c1-2-3-10-18-15-6-4-13(5-7-15)11-16-9-8-14(17)12-16/h4-7,14,17H,2-3,8-12H2,1H3/t14-/m1/s1. The first-order valence-corrected chi connectivity index (χ1v) is 6.90. The molecule has 2 rings (SSSR count). The first-order valence-electron chi connectivity index (χ1n) is 6.90. The Bertz CT molecular complexity index is 350. The van der Waals surface area contributed by atoms with Gasteiger partial charge in [0.1, 0.15) is 5.75 Å². The van der Waals surface area contributed by atoms with Gasteiger partial charge in [0.05, 0.1) is 12.7 Å². The largest absolute Gasteiger partial charge is 0.494 e. The van der Waals surface area contributed by atoms with E-state index in [0.29, 0.717) is 0 Å². The summed E-state index contributed by atoms with van der Waals surface area (Å²) in [7, 11) is 0. The Morgan fingerprint density at radius 1 is 1.33 bits per heavy atom. The molecule has 3 heteroatoms. The lowest BCUT2D eigenvalue weighted by molar-refractivity contribution is 0.175. The Kier molecular flexibility index (Phi) is 5.02. The second kappa shape index (κ2) is 6.76. The third-order valence-corrected chi connectivity index (χ3v) is 3.34. The van der Waals surface area contributed by atoms with E-state index in [9.17, 15) is 5.11 Å². The number of nitrogens with zero attached hydrogens (tertiary/aromatic N) is 1. The van der Waals surface area contributed by atoms with Gasteiger partial charge in [0.2, 0.25) is 0 Å². The summed E-state index contributed by atoms with van der Waals surface area (Å²) >= 11 is 0. The molecule has 0 aromatic heterocycles. The van der Waals surface area contributed by atoms with Crippen LogP contribution in [0.2, 0.25) is 0 Å². The van der Waals surface area contributed by atoms with Gasteiger partial charge in [0.25, 0.3) is 0 Å². The second-order valence-corrected chi connectivity index (χ2v) is 5.02. The quantitative estimate of drug-likeness (QED) is 0.786. The van der Waals surface area contributed by atoms with Crippen molar-refractivity contribution < 1.29 is 9.84 Å². The van der Waals surface area contributed by atoms with Gasteiger partial charge in [0, 0.05) is 19.6 Å². The molecular weight excluding hydrogens is 226 g/mol. The summed E-state index contributed by atoms with van der Waals surface area (Å²) in [6.07, 6.45) is 3.03. The van der Waals surface area contributed by atoms with E-state index < -0.39 is 0 Å². The van der Waals surface area contributed by atoms with Crippen LogP contribution in [0.4, 0.5) is 0 Å². The predicted octanol–water partition coefficient (Wildman–Crippen LogP) is 2.43. The van der Waals surface area contributed by atoms with Crippen molar-refractivity contribution in [2.45, 2.75) is 38.8 Å². The number of benzene rings is 1. The van der Waals surface area contributed by atoms with Gasteiger partial charge in [0.15, 0.2) is 0 Å². The van der Waals surface area contributed by atoms with Gasteiger partial charge in [-0.2, -0.15) is 0 Å². The van der Waals surface area contributed by atoms with Crippen LogP contribution in [0.3, 0.4) is 0 Å². The lowest BCUT2D eigenvalue weighted by atomic mass is 10.2. The smallest absolute Gasteiger partial charge is 0.119 e. The van der Waals surface area contributed by atoms with Crippen LogP contribution in [0.25, 0.3) is 0 Å². The maximum Gasteiger partial charge on any atom is 0.119 e. The normalized spacial score (nSPS) is 20.2. The van der Waals surface area contributed by atoms with Gasteiger partial charge in [-0.25, -0.2) is 0 Å². The zero-order chi connectivity index (χ0) is 12.8. The first kappa shape index (κ1) is 13.4. The number of aliphatic hydroxyl groups is 1. The summed E-state index contributed by atoms with van der Waals surface area (Å²) < 4.78 is 5.63. The van der Waals surface area contributed by atoms with Crippen LogP contribution in [0.15, 0.2) is 24.3 Å². The molecule has 1 aromatic rings.